The monoisotopic (exact) mass is 246 g/mol. The van der Waals surface area contributed by atoms with Gasteiger partial charge in [-0.25, -0.2) is 0 Å². The predicted octanol–water partition coefficient (Wildman–Crippen LogP) is 2.85. The molecule has 0 saturated heterocycles. The van der Waals surface area contributed by atoms with Crippen molar-refractivity contribution in [3.8, 4) is 5.75 Å². The molecule has 0 heterocycles. The molecule has 0 bridgehead atoms. The number of Topliss-reactive ketones (excluding diaryl/α,β-unsaturated/α-hetero) is 1. The van der Waals surface area contributed by atoms with E-state index in [9.17, 15) is 4.79 Å². The molecule has 1 aromatic carbocycles. The molecule has 0 N–H and O–H groups in total. The third-order valence-corrected chi connectivity index (χ3v) is 3.27. The maximum atomic E-state index is 11.9. The lowest BCUT2D eigenvalue weighted by Gasteiger charge is -2.21. The van der Waals surface area contributed by atoms with E-state index in [2.05, 4.69) is 0 Å². The number of ketones is 1. The molecule has 1 fully saturated rings. The summed E-state index contributed by atoms with van der Waals surface area (Å²) in [5.41, 5.74) is 1.89. The molecule has 0 spiro atoms. The molecule has 0 amide bonds. The lowest BCUT2D eigenvalue weighted by molar-refractivity contribution is -0.119. The molecule has 0 aliphatic heterocycles. The maximum absolute atomic E-state index is 11.9. The second-order valence-corrected chi connectivity index (χ2v) is 4.47. The van der Waals surface area contributed by atoms with Crippen molar-refractivity contribution in [1.29, 1.82) is 0 Å². The highest BCUT2D eigenvalue weighted by Crippen LogP contribution is 2.25. The number of rotatable bonds is 3. The van der Waals surface area contributed by atoms with Gasteiger partial charge in [0.15, 0.2) is 5.78 Å². The standard InChI is InChI=1S/C15H18O3/c1-17-13-5-3-4-11(9-13)8-12-6-7-14(18-2)10-15(12)16/h3-5,8-9,14H,6-7,10H2,1-2H3. The summed E-state index contributed by atoms with van der Waals surface area (Å²) in [6.45, 7) is 0. The van der Waals surface area contributed by atoms with Crippen molar-refractivity contribution in [3.05, 3.63) is 35.4 Å². The number of ether oxygens (including phenoxy) is 2. The van der Waals surface area contributed by atoms with Crippen LogP contribution in [-0.2, 0) is 9.53 Å². The fourth-order valence-electron chi connectivity index (χ4n) is 2.18. The van der Waals surface area contributed by atoms with Gasteiger partial charge in [0, 0.05) is 13.5 Å². The van der Waals surface area contributed by atoms with Crippen LogP contribution in [0.5, 0.6) is 5.75 Å². The Bertz CT molecular complexity index is 463. The Labute approximate surface area is 107 Å². The minimum absolute atomic E-state index is 0.0833. The Morgan fingerprint density at radius 2 is 2.17 bits per heavy atom. The summed E-state index contributed by atoms with van der Waals surface area (Å²) in [5.74, 6) is 0.998. The van der Waals surface area contributed by atoms with Gasteiger partial charge in [0.25, 0.3) is 0 Å². The largest absolute Gasteiger partial charge is 0.497 e. The van der Waals surface area contributed by atoms with Gasteiger partial charge in [-0.2, -0.15) is 0 Å². The van der Waals surface area contributed by atoms with Crippen molar-refractivity contribution in [3.63, 3.8) is 0 Å². The Kier molecular flexibility index (Phi) is 4.15. The summed E-state index contributed by atoms with van der Waals surface area (Å²) in [6, 6.07) is 7.73. The summed E-state index contributed by atoms with van der Waals surface area (Å²) in [6.07, 6.45) is 4.23. The van der Waals surface area contributed by atoms with Crippen molar-refractivity contribution in [2.75, 3.05) is 14.2 Å². The smallest absolute Gasteiger partial charge is 0.161 e. The summed E-state index contributed by atoms with van der Waals surface area (Å²) in [4.78, 5) is 11.9. The van der Waals surface area contributed by atoms with E-state index in [-0.39, 0.29) is 11.9 Å². The molecule has 2 rings (SSSR count). The minimum atomic E-state index is 0.0833. The Morgan fingerprint density at radius 1 is 1.33 bits per heavy atom. The molecule has 0 radical (unpaired) electrons. The van der Waals surface area contributed by atoms with Crippen LogP contribution in [0.2, 0.25) is 0 Å². The Hall–Kier alpha value is -1.61. The summed E-state index contributed by atoms with van der Waals surface area (Å²) < 4.78 is 10.4. The average molecular weight is 246 g/mol. The van der Waals surface area contributed by atoms with Gasteiger partial charge in [-0.1, -0.05) is 12.1 Å². The second-order valence-electron chi connectivity index (χ2n) is 4.47. The molecule has 0 aromatic heterocycles. The van der Waals surface area contributed by atoms with Gasteiger partial charge in [0.1, 0.15) is 5.75 Å². The molecule has 1 atom stereocenters. The third-order valence-electron chi connectivity index (χ3n) is 3.27. The van der Waals surface area contributed by atoms with Crippen molar-refractivity contribution in [2.24, 2.45) is 0 Å². The highest BCUT2D eigenvalue weighted by molar-refractivity contribution is 6.00. The van der Waals surface area contributed by atoms with Crippen LogP contribution in [-0.4, -0.2) is 26.1 Å². The number of carbonyl (C=O) groups excluding carboxylic acids is 1. The number of methoxy groups -OCH3 is 2. The van der Waals surface area contributed by atoms with E-state index in [1.165, 1.54) is 0 Å². The highest BCUT2D eigenvalue weighted by Gasteiger charge is 2.23. The third kappa shape index (κ3) is 2.99. The maximum Gasteiger partial charge on any atom is 0.161 e. The number of hydrogen-bond donors (Lipinski definition) is 0. The van der Waals surface area contributed by atoms with Crippen molar-refractivity contribution >= 4 is 11.9 Å². The molecule has 1 aromatic rings. The van der Waals surface area contributed by atoms with Crippen molar-refractivity contribution in [1.82, 2.24) is 0 Å². The molecule has 3 nitrogen and oxygen atoms in total. The first-order valence-electron chi connectivity index (χ1n) is 6.13. The van der Waals surface area contributed by atoms with E-state index >= 15 is 0 Å². The van der Waals surface area contributed by atoms with E-state index in [0.29, 0.717) is 6.42 Å². The highest BCUT2D eigenvalue weighted by atomic mass is 16.5. The number of carbonyl (C=O) groups is 1. The molecule has 96 valence electrons. The van der Waals surface area contributed by atoms with Crippen LogP contribution < -0.4 is 4.74 Å². The topological polar surface area (TPSA) is 35.5 Å². The van der Waals surface area contributed by atoms with Gasteiger partial charge in [-0.15, -0.1) is 0 Å². The molecule has 18 heavy (non-hydrogen) atoms. The molecular weight excluding hydrogens is 228 g/mol. The van der Waals surface area contributed by atoms with E-state index < -0.39 is 0 Å². The van der Waals surface area contributed by atoms with Crippen LogP contribution >= 0.6 is 0 Å². The molecule has 1 aliphatic carbocycles. The molecule has 1 aliphatic rings. The zero-order valence-electron chi connectivity index (χ0n) is 10.8. The Balaban J connectivity index is 2.15. The summed E-state index contributed by atoms with van der Waals surface area (Å²) in [7, 11) is 3.30. The van der Waals surface area contributed by atoms with E-state index in [4.69, 9.17) is 9.47 Å². The lowest BCUT2D eigenvalue weighted by atomic mass is 9.90. The van der Waals surface area contributed by atoms with Crippen LogP contribution in [0.3, 0.4) is 0 Å². The number of benzene rings is 1. The van der Waals surface area contributed by atoms with E-state index in [1.807, 2.05) is 30.3 Å². The van der Waals surface area contributed by atoms with Crippen molar-refractivity contribution < 1.29 is 14.3 Å². The van der Waals surface area contributed by atoms with Gasteiger partial charge in [0.2, 0.25) is 0 Å². The van der Waals surface area contributed by atoms with Crippen LogP contribution in [0.25, 0.3) is 6.08 Å². The van der Waals surface area contributed by atoms with Crippen LogP contribution in [0.15, 0.2) is 29.8 Å². The minimum Gasteiger partial charge on any atom is -0.497 e. The van der Waals surface area contributed by atoms with E-state index in [1.54, 1.807) is 14.2 Å². The summed E-state index contributed by atoms with van der Waals surface area (Å²) in [5, 5.41) is 0. The van der Waals surface area contributed by atoms with Crippen LogP contribution in [0, 0.1) is 0 Å². The van der Waals surface area contributed by atoms with E-state index in [0.717, 1.165) is 29.7 Å². The molecule has 1 unspecified atom stereocenters. The zero-order chi connectivity index (χ0) is 13.0. The van der Waals surface area contributed by atoms with Gasteiger partial charge in [0.05, 0.1) is 13.2 Å². The van der Waals surface area contributed by atoms with Crippen molar-refractivity contribution in [2.45, 2.75) is 25.4 Å². The zero-order valence-corrected chi connectivity index (χ0v) is 10.8. The van der Waals surface area contributed by atoms with Crippen LogP contribution in [0.1, 0.15) is 24.8 Å². The fraction of sp³-hybridized carbons (Fsp3) is 0.400. The second kappa shape index (κ2) is 5.83. The first-order chi connectivity index (χ1) is 8.72. The molecule has 1 saturated carbocycles. The first kappa shape index (κ1) is 12.8. The molecule has 3 heteroatoms. The first-order valence-corrected chi connectivity index (χ1v) is 6.13. The average Bonchev–Trinajstić information content (AvgIpc) is 2.41. The van der Waals surface area contributed by atoms with Gasteiger partial charge < -0.3 is 9.47 Å². The van der Waals surface area contributed by atoms with Gasteiger partial charge >= 0.3 is 0 Å². The predicted molar refractivity (Wildman–Crippen MR) is 70.6 cm³/mol. The number of allylic oxidation sites excluding steroid dienone is 1. The number of hydrogen-bond acceptors (Lipinski definition) is 3. The van der Waals surface area contributed by atoms with Gasteiger partial charge in [-0.05, 0) is 42.2 Å². The quantitative estimate of drug-likeness (QED) is 0.769. The lowest BCUT2D eigenvalue weighted by Crippen LogP contribution is -2.23. The van der Waals surface area contributed by atoms with Gasteiger partial charge in [-0.3, -0.25) is 4.79 Å². The summed E-state index contributed by atoms with van der Waals surface area (Å²) >= 11 is 0. The fourth-order valence-corrected chi connectivity index (χ4v) is 2.18. The normalized spacial score (nSPS) is 22.2. The van der Waals surface area contributed by atoms with Crippen LogP contribution in [0.4, 0.5) is 0 Å². The molecular formula is C15H18O3. The Morgan fingerprint density at radius 3 is 2.83 bits per heavy atom. The SMILES string of the molecule is COc1cccc(C=C2CCC(OC)CC2=O)c1.